The van der Waals surface area contributed by atoms with Crippen molar-refractivity contribution in [1.82, 2.24) is 4.98 Å². The lowest BCUT2D eigenvalue weighted by molar-refractivity contribution is 0.0739. The van der Waals surface area contributed by atoms with Crippen molar-refractivity contribution in [1.29, 1.82) is 0 Å². The van der Waals surface area contributed by atoms with E-state index in [0.29, 0.717) is 28.3 Å². The summed E-state index contributed by atoms with van der Waals surface area (Å²) in [5, 5.41) is 0.786. The molecule has 0 unspecified atom stereocenters. The number of ether oxygens (including phenoxy) is 1. The number of Topliss-reactive ketones (excluding diaryl/α,β-unsaturated/α-hetero) is 1. The van der Waals surface area contributed by atoms with Crippen LogP contribution in [0.1, 0.15) is 39.1 Å². The molecule has 0 saturated carbocycles. The Balaban J connectivity index is 1.78. The van der Waals surface area contributed by atoms with Crippen molar-refractivity contribution in [2.75, 3.05) is 0 Å². The minimum atomic E-state index is -0.438. The summed E-state index contributed by atoms with van der Waals surface area (Å²) in [5.74, 6) is 0.0298. The molecule has 0 atom stereocenters. The first-order chi connectivity index (χ1) is 12.1. The third-order valence-electron chi connectivity index (χ3n) is 3.71. The van der Waals surface area contributed by atoms with Gasteiger partial charge in [-0.05, 0) is 31.2 Å². The first kappa shape index (κ1) is 17.0. The Morgan fingerprint density at radius 3 is 2.36 bits per heavy atom. The molecule has 0 amide bonds. The van der Waals surface area contributed by atoms with E-state index in [4.69, 9.17) is 4.74 Å². The summed E-state index contributed by atoms with van der Waals surface area (Å²) in [6.07, 6.45) is 0.446. The number of aromatic nitrogens is 1. The fraction of sp³-hybridized carbons (Fsp3) is 0.150. The number of benzene rings is 2. The highest BCUT2D eigenvalue weighted by atomic mass is 32.1. The van der Waals surface area contributed by atoms with Gasteiger partial charge in [0, 0.05) is 17.5 Å². The van der Waals surface area contributed by atoms with Crippen LogP contribution >= 0.6 is 11.3 Å². The Morgan fingerprint density at radius 1 is 1.04 bits per heavy atom. The van der Waals surface area contributed by atoms with Crippen LogP contribution in [-0.2, 0) is 0 Å². The van der Waals surface area contributed by atoms with E-state index in [2.05, 4.69) is 4.98 Å². The van der Waals surface area contributed by atoms with Gasteiger partial charge in [-0.15, -0.1) is 11.3 Å². The fourth-order valence-electron chi connectivity index (χ4n) is 2.36. The van der Waals surface area contributed by atoms with Crippen LogP contribution in [-0.4, -0.2) is 16.7 Å². The number of ketones is 1. The molecule has 2 aromatic carbocycles. The predicted octanol–water partition coefficient (Wildman–Crippen LogP) is 4.93. The first-order valence-electron chi connectivity index (χ1n) is 7.96. The summed E-state index contributed by atoms with van der Waals surface area (Å²) in [4.78, 5) is 29.0. The standard InChI is InChI=1S/C20H17NO3S/c1-3-17(22)14-9-11-16(12-10-14)24-20(23)18-13(2)21-19(25-18)15-7-5-4-6-8-15/h4-12H,3H2,1-2H3. The zero-order valence-corrected chi connectivity index (χ0v) is 14.8. The maximum absolute atomic E-state index is 12.4. The Labute approximate surface area is 150 Å². The first-order valence-corrected chi connectivity index (χ1v) is 8.78. The third-order valence-corrected chi connectivity index (χ3v) is 4.90. The van der Waals surface area contributed by atoms with E-state index in [1.165, 1.54) is 11.3 Å². The van der Waals surface area contributed by atoms with Crippen LogP contribution < -0.4 is 4.74 Å². The molecular weight excluding hydrogens is 334 g/mol. The van der Waals surface area contributed by atoms with Gasteiger partial charge in [-0.3, -0.25) is 4.79 Å². The Kier molecular flexibility index (Phi) is 5.05. The molecule has 3 aromatic rings. The average Bonchev–Trinajstić information content (AvgIpc) is 3.04. The van der Waals surface area contributed by atoms with Gasteiger partial charge in [0.15, 0.2) is 5.78 Å². The predicted molar refractivity (Wildman–Crippen MR) is 98.3 cm³/mol. The number of carbonyl (C=O) groups is 2. The second-order valence-electron chi connectivity index (χ2n) is 5.49. The minimum Gasteiger partial charge on any atom is -0.422 e. The minimum absolute atomic E-state index is 0.0590. The summed E-state index contributed by atoms with van der Waals surface area (Å²) < 4.78 is 5.42. The number of aryl methyl sites for hydroxylation is 1. The van der Waals surface area contributed by atoms with Gasteiger partial charge in [0.05, 0.1) is 5.69 Å². The zero-order chi connectivity index (χ0) is 17.8. The van der Waals surface area contributed by atoms with Crippen LogP contribution in [0.2, 0.25) is 0 Å². The van der Waals surface area contributed by atoms with E-state index < -0.39 is 5.97 Å². The Hall–Kier alpha value is -2.79. The molecule has 4 nitrogen and oxygen atoms in total. The van der Waals surface area contributed by atoms with Gasteiger partial charge in [-0.25, -0.2) is 9.78 Å². The van der Waals surface area contributed by atoms with Crippen molar-refractivity contribution in [2.24, 2.45) is 0 Å². The topological polar surface area (TPSA) is 56.3 Å². The second-order valence-corrected chi connectivity index (χ2v) is 6.49. The van der Waals surface area contributed by atoms with Gasteiger partial charge in [0.2, 0.25) is 0 Å². The van der Waals surface area contributed by atoms with E-state index in [0.717, 1.165) is 10.6 Å². The van der Waals surface area contributed by atoms with Crippen molar-refractivity contribution in [2.45, 2.75) is 20.3 Å². The number of thiazole rings is 1. The highest BCUT2D eigenvalue weighted by Crippen LogP contribution is 2.28. The zero-order valence-electron chi connectivity index (χ0n) is 14.0. The normalized spacial score (nSPS) is 10.5. The number of rotatable bonds is 5. The third kappa shape index (κ3) is 3.83. The molecule has 0 radical (unpaired) electrons. The molecule has 0 aliphatic rings. The molecule has 126 valence electrons. The van der Waals surface area contributed by atoms with E-state index in [-0.39, 0.29) is 5.78 Å². The summed E-state index contributed by atoms with van der Waals surface area (Å²) in [6.45, 7) is 3.61. The molecule has 3 rings (SSSR count). The smallest absolute Gasteiger partial charge is 0.355 e. The van der Waals surface area contributed by atoms with E-state index in [9.17, 15) is 9.59 Å². The lowest BCUT2D eigenvalue weighted by Crippen LogP contribution is -2.08. The van der Waals surface area contributed by atoms with Crippen molar-refractivity contribution < 1.29 is 14.3 Å². The van der Waals surface area contributed by atoms with Crippen LogP contribution in [0.3, 0.4) is 0 Å². The molecule has 1 heterocycles. The highest BCUT2D eigenvalue weighted by Gasteiger charge is 2.18. The molecule has 0 aliphatic carbocycles. The van der Waals surface area contributed by atoms with Crippen molar-refractivity contribution in [3.05, 3.63) is 70.7 Å². The van der Waals surface area contributed by atoms with Crippen LogP contribution in [0.25, 0.3) is 10.6 Å². The van der Waals surface area contributed by atoms with Crippen LogP contribution in [0, 0.1) is 6.92 Å². The van der Waals surface area contributed by atoms with E-state index in [1.54, 1.807) is 31.2 Å². The van der Waals surface area contributed by atoms with Gasteiger partial charge in [-0.2, -0.15) is 0 Å². The van der Waals surface area contributed by atoms with Gasteiger partial charge >= 0.3 is 5.97 Å². The van der Waals surface area contributed by atoms with Crippen molar-refractivity contribution >= 4 is 23.1 Å². The molecule has 0 aliphatic heterocycles. The molecular formula is C20H17NO3S. The summed E-state index contributed by atoms with van der Waals surface area (Å²) >= 11 is 1.31. The number of hydrogen-bond donors (Lipinski definition) is 0. The quantitative estimate of drug-likeness (QED) is 0.371. The number of nitrogens with zero attached hydrogens (tertiary/aromatic N) is 1. The summed E-state index contributed by atoms with van der Waals surface area (Å²) in [7, 11) is 0. The Morgan fingerprint density at radius 2 is 1.72 bits per heavy atom. The molecule has 0 spiro atoms. The molecule has 0 fully saturated rings. The monoisotopic (exact) mass is 351 g/mol. The fourth-order valence-corrected chi connectivity index (χ4v) is 3.30. The summed E-state index contributed by atoms with van der Waals surface area (Å²) in [5.41, 5.74) is 2.23. The lowest BCUT2D eigenvalue weighted by Gasteiger charge is -2.04. The van der Waals surface area contributed by atoms with Crippen LogP contribution in [0.5, 0.6) is 5.75 Å². The number of esters is 1. The highest BCUT2D eigenvalue weighted by molar-refractivity contribution is 7.17. The largest absolute Gasteiger partial charge is 0.422 e. The van der Waals surface area contributed by atoms with Crippen LogP contribution in [0.15, 0.2) is 54.6 Å². The maximum atomic E-state index is 12.4. The van der Waals surface area contributed by atoms with Gasteiger partial charge in [0.1, 0.15) is 15.6 Å². The Bertz CT molecular complexity index is 898. The van der Waals surface area contributed by atoms with Crippen molar-refractivity contribution in [3.63, 3.8) is 0 Å². The molecule has 0 saturated heterocycles. The second kappa shape index (κ2) is 7.40. The number of hydrogen-bond acceptors (Lipinski definition) is 5. The molecule has 25 heavy (non-hydrogen) atoms. The average molecular weight is 351 g/mol. The van der Waals surface area contributed by atoms with Gasteiger partial charge in [0.25, 0.3) is 0 Å². The van der Waals surface area contributed by atoms with Gasteiger partial charge in [-0.1, -0.05) is 37.3 Å². The molecule has 0 N–H and O–H groups in total. The lowest BCUT2D eigenvalue weighted by atomic mass is 10.1. The van der Waals surface area contributed by atoms with E-state index >= 15 is 0 Å². The maximum Gasteiger partial charge on any atom is 0.355 e. The van der Waals surface area contributed by atoms with E-state index in [1.807, 2.05) is 37.3 Å². The summed E-state index contributed by atoms with van der Waals surface area (Å²) in [6, 6.07) is 16.3. The molecule has 1 aromatic heterocycles. The van der Waals surface area contributed by atoms with Gasteiger partial charge < -0.3 is 4.74 Å². The number of carbonyl (C=O) groups excluding carboxylic acids is 2. The van der Waals surface area contributed by atoms with Crippen LogP contribution in [0.4, 0.5) is 0 Å². The molecule has 5 heteroatoms. The molecule has 0 bridgehead atoms. The van der Waals surface area contributed by atoms with Crippen molar-refractivity contribution in [3.8, 4) is 16.3 Å². The SMILES string of the molecule is CCC(=O)c1ccc(OC(=O)c2sc(-c3ccccc3)nc2C)cc1.